The van der Waals surface area contributed by atoms with Gasteiger partial charge < -0.3 is 9.47 Å². The van der Waals surface area contributed by atoms with Crippen molar-refractivity contribution in [3.63, 3.8) is 0 Å². The number of aromatic nitrogens is 4. The van der Waals surface area contributed by atoms with Crippen LogP contribution in [-0.2, 0) is 0 Å². The molecule has 3 heterocycles. The molecule has 0 radical (unpaired) electrons. The van der Waals surface area contributed by atoms with E-state index >= 15 is 0 Å². The second kappa shape index (κ2) is 11.0. The van der Waals surface area contributed by atoms with E-state index in [1.165, 1.54) is 23.3 Å². The van der Waals surface area contributed by atoms with Gasteiger partial charge in [-0.3, -0.25) is 4.57 Å². The van der Waals surface area contributed by atoms with E-state index in [0.717, 1.165) is 56.3 Å². The second-order valence-electron chi connectivity index (χ2n) is 12.3. The van der Waals surface area contributed by atoms with Crippen molar-refractivity contribution in [2.75, 3.05) is 7.11 Å². The molecule has 0 amide bonds. The molecule has 0 N–H and O–H groups in total. The SMILES string of the molecule is COc1ccnc(-n2c3ccccc3c3ccc(Oc4cccc(-n5nc(C)c([C@@H]6C(C)=CC(C)C[C@@H]6C)c5C)c4)cc32)c1. The van der Waals surface area contributed by atoms with Gasteiger partial charge in [0, 0.05) is 52.3 Å². The average Bonchev–Trinajstić information content (AvgIpc) is 3.50. The van der Waals surface area contributed by atoms with Gasteiger partial charge in [-0.1, -0.05) is 49.8 Å². The van der Waals surface area contributed by atoms with E-state index in [4.69, 9.17) is 14.6 Å². The number of nitrogens with zero attached hydrogens (tertiary/aromatic N) is 4. The zero-order valence-electron chi connectivity index (χ0n) is 26.2. The normalized spacial score (nSPS) is 18.5. The van der Waals surface area contributed by atoms with Crippen molar-refractivity contribution in [1.82, 2.24) is 19.3 Å². The van der Waals surface area contributed by atoms with E-state index in [1.807, 2.05) is 30.3 Å². The number of allylic oxidation sites excluding steroid dienone is 2. The van der Waals surface area contributed by atoms with Crippen molar-refractivity contribution < 1.29 is 9.47 Å². The highest BCUT2D eigenvalue weighted by Crippen LogP contribution is 2.43. The summed E-state index contributed by atoms with van der Waals surface area (Å²) in [6, 6.07) is 26.7. The Bertz CT molecular complexity index is 2050. The summed E-state index contributed by atoms with van der Waals surface area (Å²) < 4.78 is 16.3. The summed E-state index contributed by atoms with van der Waals surface area (Å²) in [5, 5.41) is 7.33. The van der Waals surface area contributed by atoms with Gasteiger partial charge in [-0.05, 0) is 75.4 Å². The van der Waals surface area contributed by atoms with E-state index in [0.29, 0.717) is 17.8 Å². The van der Waals surface area contributed by atoms with E-state index < -0.39 is 0 Å². The lowest BCUT2D eigenvalue weighted by molar-refractivity contribution is 0.390. The van der Waals surface area contributed by atoms with Crippen LogP contribution in [0.3, 0.4) is 0 Å². The molecule has 7 rings (SSSR count). The summed E-state index contributed by atoms with van der Waals surface area (Å²) in [6.45, 7) is 11.3. The average molecular weight is 583 g/mol. The Morgan fingerprint density at radius 1 is 0.795 bits per heavy atom. The number of hydrogen-bond donors (Lipinski definition) is 0. The van der Waals surface area contributed by atoms with Gasteiger partial charge in [0.1, 0.15) is 23.1 Å². The van der Waals surface area contributed by atoms with Crippen LogP contribution in [0.5, 0.6) is 17.2 Å². The van der Waals surface area contributed by atoms with Crippen LogP contribution < -0.4 is 9.47 Å². The molecular formula is C38H38N4O2. The van der Waals surface area contributed by atoms with Gasteiger partial charge in [0.2, 0.25) is 0 Å². The number of hydrogen-bond acceptors (Lipinski definition) is 4. The van der Waals surface area contributed by atoms with Crippen LogP contribution >= 0.6 is 0 Å². The van der Waals surface area contributed by atoms with Crippen LogP contribution in [0.25, 0.3) is 33.3 Å². The maximum atomic E-state index is 6.51. The summed E-state index contributed by atoms with van der Waals surface area (Å²) in [6.07, 6.45) is 5.42. The Balaban J connectivity index is 1.26. The van der Waals surface area contributed by atoms with Gasteiger partial charge in [0.15, 0.2) is 0 Å². The molecule has 0 fully saturated rings. The van der Waals surface area contributed by atoms with E-state index in [1.54, 1.807) is 13.3 Å². The molecule has 3 aromatic carbocycles. The molecule has 1 aliphatic carbocycles. The number of fused-ring (bicyclic) bond motifs is 3. The first kappa shape index (κ1) is 28.0. The molecule has 6 aromatic rings. The zero-order valence-corrected chi connectivity index (χ0v) is 26.2. The van der Waals surface area contributed by atoms with Crippen molar-refractivity contribution >= 4 is 21.8 Å². The lowest BCUT2D eigenvalue weighted by atomic mass is 9.72. The molecular weight excluding hydrogens is 544 g/mol. The molecule has 6 heteroatoms. The summed E-state index contributed by atoms with van der Waals surface area (Å²) in [5.41, 5.74) is 8.18. The van der Waals surface area contributed by atoms with E-state index in [-0.39, 0.29) is 0 Å². The molecule has 6 nitrogen and oxygen atoms in total. The third-order valence-corrected chi connectivity index (χ3v) is 9.13. The predicted octanol–water partition coefficient (Wildman–Crippen LogP) is 9.49. The number of pyridine rings is 1. The van der Waals surface area contributed by atoms with Gasteiger partial charge in [-0.2, -0.15) is 5.10 Å². The van der Waals surface area contributed by atoms with Crippen molar-refractivity contribution in [3.8, 4) is 28.8 Å². The lowest BCUT2D eigenvalue weighted by Gasteiger charge is -2.32. The lowest BCUT2D eigenvalue weighted by Crippen LogP contribution is -2.20. The first-order valence-corrected chi connectivity index (χ1v) is 15.4. The summed E-state index contributed by atoms with van der Waals surface area (Å²) in [5.74, 6) is 4.67. The fourth-order valence-electron chi connectivity index (χ4n) is 7.38. The molecule has 1 aliphatic rings. The fraction of sp³-hybridized carbons (Fsp3) is 0.263. The van der Waals surface area contributed by atoms with Crippen LogP contribution in [0.2, 0.25) is 0 Å². The zero-order chi connectivity index (χ0) is 30.5. The van der Waals surface area contributed by atoms with Crippen LogP contribution in [0.4, 0.5) is 0 Å². The maximum Gasteiger partial charge on any atom is 0.141 e. The quantitative estimate of drug-likeness (QED) is 0.184. The Kier molecular flexibility index (Phi) is 7.00. The third kappa shape index (κ3) is 4.75. The van der Waals surface area contributed by atoms with E-state index in [2.05, 4.69) is 103 Å². The van der Waals surface area contributed by atoms with Crippen LogP contribution in [0, 0.1) is 25.7 Å². The molecule has 222 valence electrons. The van der Waals surface area contributed by atoms with Crippen molar-refractivity contribution in [2.45, 2.75) is 47.0 Å². The van der Waals surface area contributed by atoms with Gasteiger partial charge >= 0.3 is 0 Å². The summed E-state index contributed by atoms with van der Waals surface area (Å²) in [4.78, 5) is 4.68. The van der Waals surface area contributed by atoms with Crippen molar-refractivity contribution in [2.24, 2.45) is 11.8 Å². The molecule has 0 saturated heterocycles. The maximum absolute atomic E-state index is 6.51. The number of para-hydroxylation sites is 1. The molecule has 0 spiro atoms. The Morgan fingerprint density at radius 3 is 2.41 bits per heavy atom. The van der Waals surface area contributed by atoms with Crippen molar-refractivity contribution in [1.29, 1.82) is 0 Å². The smallest absolute Gasteiger partial charge is 0.141 e. The largest absolute Gasteiger partial charge is 0.497 e. The van der Waals surface area contributed by atoms with Gasteiger partial charge in [-0.25, -0.2) is 9.67 Å². The topological polar surface area (TPSA) is 54.1 Å². The monoisotopic (exact) mass is 582 g/mol. The molecule has 44 heavy (non-hydrogen) atoms. The molecule has 0 bridgehead atoms. The minimum atomic E-state index is 0.400. The van der Waals surface area contributed by atoms with Crippen molar-refractivity contribution in [3.05, 3.63) is 114 Å². The highest BCUT2D eigenvalue weighted by molar-refractivity contribution is 6.09. The number of rotatable bonds is 6. The van der Waals surface area contributed by atoms with Crippen LogP contribution in [-0.4, -0.2) is 26.4 Å². The standard InChI is InChI=1S/C38H38N4O2/c1-23-18-24(2)37(25(3)19-23)38-26(4)40-42(27(38)5)28-10-9-11-30(20-28)44-31-14-15-33-32-12-7-8-13-34(32)41(35(33)21-31)36-22-29(43-6)16-17-39-36/h7-18,20-23,25,37H,19H2,1-6H3/t23?,25-,37+/m0/s1. The molecule has 3 aromatic heterocycles. The summed E-state index contributed by atoms with van der Waals surface area (Å²) >= 11 is 0. The molecule has 3 atom stereocenters. The highest BCUT2D eigenvalue weighted by atomic mass is 16.5. The van der Waals surface area contributed by atoms with Crippen LogP contribution in [0.1, 0.15) is 50.1 Å². The highest BCUT2D eigenvalue weighted by Gasteiger charge is 2.31. The fourth-order valence-corrected chi connectivity index (χ4v) is 7.38. The number of ether oxygens (including phenoxy) is 2. The summed E-state index contributed by atoms with van der Waals surface area (Å²) in [7, 11) is 1.67. The Labute approximate surface area is 258 Å². The second-order valence-corrected chi connectivity index (χ2v) is 12.3. The first-order valence-electron chi connectivity index (χ1n) is 15.4. The van der Waals surface area contributed by atoms with Crippen LogP contribution in [0.15, 0.2) is 96.7 Å². The Morgan fingerprint density at radius 2 is 1.59 bits per heavy atom. The minimum absolute atomic E-state index is 0.400. The number of benzene rings is 3. The van der Waals surface area contributed by atoms with Gasteiger partial charge in [0.25, 0.3) is 0 Å². The molecule has 1 unspecified atom stereocenters. The number of aryl methyl sites for hydroxylation is 1. The molecule has 0 saturated carbocycles. The van der Waals surface area contributed by atoms with Gasteiger partial charge in [-0.15, -0.1) is 0 Å². The first-order chi connectivity index (χ1) is 21.3. The van der Waals surface area contributed by atoms with E-state index in [9.17, 15) is 0 Å². The minimum Gasteiger partial charge on any atom is -0.497 e. The number of methoxy groups -OCH3 is 1. The third-order valence-electron chi connectivity index (χ3n) is 9.13. The molecule has 0 aliphatic heterocycles. The van der Waals surface area contributed by atoms with Gasteiger partial charge in [0.05, 0.1) is 29.5 Å². The Hall–Kier alpha value is -4.84. The predicted molar refractivity (Wildman–Crippen MR) is 178 cm³/mol.